The molecule has 2 rings (SSSR count). The summed E-state index contributed by atoms with van der Waals surface area (Å²) in [5, 5.41) is 12.6. The van der Waals surface area contributed by atoms with Crippen LogP contribution in [0.2, 0.25) is 0 Å². The summed E-state index contributed by atoms with van der Waals surface area (Å²) < 4.78 is 5.24. The molecule has 0 saturated heterocycles. The predicted molar refractivity (Wildman–Crippen MR) is 70.6 cm³/mol. The van der Waals surface area contributed by atoms with E-state index in [0.717, 1.165) is 42.9 Å². The van der Waals surface area contributed by atoms with Gasteiger partial charge in [-0.1, -0.05) is 0 Å². The molecule has 0 unspecified atom stereocenters. The highest BCUT2D eigenvalue weighted by atomic mass is 16.5. The van der Waals surface area contributed by atoms with E-state index < -0.39 is 0 Å². The van der Waals surface area contributed by atoms with Crippen LogP contribution in [-0.2, 0) is 6.54 Å². The fourth-order valence-electron chi connectivity index (χ4n) is 2.59. The van der Waals surface area contributed by atoms with Crippen molar-refractivity contribution in [3.8, 4) is 5.75 Å². The van der Waals surface area contributed by atoms with Crippen LogP contribution in [-0.4, -0.2) is 29.8 Å². The molecule has 1 aliphatic carbocycles. The summed E-state index contributed by atoms with van der Waals surface area (Å²) in [6.45, 7) is 3.05. The third-order valence-corrected chi connectivity index (χ3v) is 3.59. The van der Waals surface area contributed by atoms with Gasteiger partial charge in [0.05, 0.1) is 12.8 Å². The van der Waals surface area contributed by atoms with Crippen LogP contribution < -0.4 is 10.1 Å². The van der Waals surface area contributed by atoms with Crippen molar-refractivity contribution in [1.29, 1.82) is 0 Å². The Hall–Kier alpha value is -1.13. The molecular formula is C14H22N2O2. The first-order valence-corrected chi connectivity index (χ1v) is 6.57. The van der Waals surface area contributed by atoms with E-state index in [-0.39, 0.29) is 0 Å². The quantitative estimate of drug-likeness (QED) is 0.834. The number of aliphatic hydroxyl groups is 1. The zero-order chi connectivity index (χ0) is 13.0. The lowest BCUT2D eigenvalue weighted by molar-refractivity contribution is 0.227. The van der Waals surface area contributed by atoms with Gasteiger partial charge in [0.15, 0.2) is 0 Å². The number of aryl methyl sites for hydroxylation is 1. The average Bonchev–Trinajstić information content (AvgIpc) is 2.83. The second kappa shape index (κ2) is 6.16. The van der Waals surface area contributed by atoms with Gasteiger partial charge in [-0.3, -0.25) is 4.98 Å². The van der Waals surface area contributed by atoms with Gasteiger partial charge in [-0.25, -0.2) is 0 Å². The maximum atomic E-state index is 9.12. The summed E-state index contributed by atoms with van der Waals surface area (Å²) in [7, 11) is 1.68. The number of nitrogens with zero attached hydrogens (tertiary/aromatic N) is 1. The van der Waals surface area contributed by atoms with Crippen molar-refractivity contribution >= 4 is 0 Å². The highest BCUT2D eigenvalue weighted by molar-refractivity contribution is 5.26. The normalized spacial score (nSPS) is 23.3. The Bertz CT molecular complexity index is 395. The van der Waals surface area contributed by atoms with Gasteiger partial charge in [0, 0.05) is 37.0 Å². The Kier molecular flexibility index (Phi) is 4.55. The summed E-state index contributed by atoms with van der Waals surface area (Å²) in [6.07, 6.45) is 3.34. The minimum atomic E-state index is 0.314. The number of pyridine rings is 1. The van der Waals surface area contributed by atoms with E-state index in [1.54, 1.807) is 7.11 Å². The molecule has 0 amide bonds. The standard InChI is InChI=1S/C14H22N2O2/c1-10-5-14(18-2)7-13(16-10)8-15-12-4-3-11(6-12)9-17/h5,7,11-12,15,17H,3-4,6,8-9H2,1-2H3/t11-,12+/m1/s1. The maximum Gasteiger partial charge on any atom is 0.122 e. The third kappa shape index (κ3) is 3.43. The van der Waals surface area contributed by atoms with Crippen LogP contribution in [0.25, 0.3) is 0 Å². The minimum Gasteiger partial charge on any atom is -0.497 e. The van der Waals surface area contributed by atoms with Gasteiger partial charge in [0.2, 0.25) is 0 Å². The summed E-state index contributed by atoms with van der Waals surface area (Å²) in [5.41, 5.74) is 1.99. The molecule has 0 bridgehead atoms. The molecule has 1 aliphatic rings. The van der Waals surface area contributed by atoms with Crippen molar-refractivity contribution in [3.63, 3.8) is 0 Å². The lowest BCUT2D eigenvalue weighted by atomic mass is 10.1. The number of nitrogens with one attached hydrogen (secondary N) is 1. The summed E-state index contributed by atoms with van der Waals surface area (Å²) in [5.74, 6) is 1.33. The first-order valence-electron chi connectivity index (χ1n) is 6.57. The zero-order valence-electron chi connectivity index (χ0n) is 11.1. The first kappa shape index (κ1) is 13.3. The minimum absolute atomic E-state index is 0.314. The predicted octanol–water partition coefficient (Wildman–Crippen LogP) is 1.65. The van der Waals surface area contributed by atoms with Crippen molar-refractivity contribution in [2.24, 2.45) is 5.92 Å². The fraction of sp³-hybridized carbons (Fsp3) is 0.643. The van der Waals surface area contributed by atoms with Crippen LogP contribution in [0.15, 0.2) is 12.1 Å². The number of hydrogen-bond acceptors (Lipinski definition) is 4. The number of aliphatic hydroxyl groups excluding tert-OH is 1. The number of ether oxygens (including phenoxy) is 1. The smallest absolute Gasteiger partial charge is 0.122 e. The van der Waals surface area contributed by atoms with E-state index >= 15 is 0 Å². The van der Waals surface area contributed by atoms with Crippen molar-refractivity contribution in [2.75, 3.05) is 13.7 Å². The molecule has 4 nitrogen and oxygen atoms in total. The molecule has 1 aromatic rings. The largest absolute Gasteiger partial charge is 0.497 e. The van der Waals surface area contributed by atoms with Crippen LogP contribution >= 0.6 is 0 Å². The monoisotopic (exact) mass is 250 g/mol. The molecule has 1 fully saturated rings. The Morgan fingerprint density at radius 3 is 2.94 bits per heavy atom. The molecule has 2 N–H and O–H groups in total. The summed E-state index contributed by atoms with van der Waals surface area (Å²) in [6, 6.07) is 4.41. The number of hydrogen-bond donors (Lipinski definition) is 2. The molecule has 0 aliphatic heterocycles. The van der Waals surface area contributed by atoms with Crippen molar-refractivity contribution in [2.45, 2.75) is 38.8 Å². The van der Waals surface area contributed by atoms with Crippen molar-refractivity contribution < 1.29 is 9.84 Å². The van der Waals surface area contributed by atoms with Crippen LogP contribution in [0.3, 0.4) is 0 Å². The third-order valence-electron chi connectivity index (χ3n) is 3.59. The van der Waals surface area contributed by atoms with Gasteiger partial charge in [-0.2, -0.15) is 0 Å². The van der Waals surface area contributed by atoms with Gasteiger partial charge < -0.3 is 15.2 Å². The van der Waals surface area contributed by atoms with Crippen molar-refractivity contribution in [1.82, 2.24) is 10.3 Å². The second-order valence-electron chi connectivity index (χ2n) is 5.08. The molecule has 1 saturated carbocycles. The Morgan fingerprint density at radius 2 is 2.28 bits per heavy atom. The molecule has 1 heterocycles. The highest BCUT2D eigenvalue weighted by Crippen LogP contribution is 2.25. The highest BCUT2D eigenvalue weighted by Gasteiger charge is 2.23. The van der Waals surface area contributed by atoms with Crippen LogP contribution in [0.4, 0.5) is 0 Å². The molecule has 0 spiro atoms. The van der Waals surface area contributed by atoms with Crippen LogP contribution in [0, 0.1) is 12.8 Å². The molecule has 0 radical (unpaired) electrons. The maximum absolute atomic E-state index is 9.12. The van der Waals surface area contributed by atoms with Crippen LogP contribution in [0.1, 0.15) is 30.7 Å². The Balaban J connectivity index is 1.88. The van der Waals surface area contributed by atoms with Gasteiger partial charge in [-0.05, 0) is 32.1 Å². The Labute approximate surface area is 108 Å². The summed E-state index contributed by atoms with van der Waals surface area (Å²) >= 11 is 0. The topological polar surface area (TPSA) is 54.4 Å². The van der Waals surface area contributed by atoms with E-state index in [2.05, 4.69) is 10.3 Å². The van der Waals surface area contributed by atoms with Gasteiger partial charge in [-0.15, -0.1) is 0 Å². The number of rotatable bonds is 5. The summed E-state index contributed by atoms with van der Waals surface area (Å²) in [4.78, 5) is 4.49. The SMILES string of the molecule is COc1cc(C)nc(CN[C@H]2CC[C@@H](CO)C2)c1. The lowest BCUT2D eigenvalue weighted by Gasteiger charge is -2.13. The number of aromatic nitrogens is 1. The van der Waals surface area contributed by atoms with E-state index in [0.29, 0.717) is 18.6 Å². The first-order chi connectivity index (χ1) is 8.71. The average molecular weight is 250 g/mol. The van der Waals surface area contributed by atoms with Crippen molar-refractivity contribution in [3.05, 3.63) is 23.5 Å². The molecule has 2 atom stereocenters. The fourth-order valence-corrected chi connectivity index (χ4v) is 2.59. The molecule has 4 heteroatoms. The number of methoxy groups -OCH3 is 1. The molecule has 0 aromatic carbocycles. The zero-order valence-corrected chi connectivity index (χ0v) is 11.1. The van der Waals surface area contributed by atoms with E-state index in [4.69, 9.17) is 9.84 Å². The van der Waals surface area contributed by atoms with Gasteiger partial charge in [0.1, 0.15) is 5.75 Å². The second-order valence-corrected chi connectivity index (χ2v) is 5.08. The van der Waals surface area contributed by atoms with E-state index in [9.17, 15) is 0 Å². The van der Waals surface area contributed by atoms with E-state index in [1.807, 2.05) is 19.1 Å². The van der Waals surface area contributed by atoms with Gasteiger partial charge in [0.25, 0.3) is 0 Å². The Morgan fingerprint density at radius 1 is 1.44 bits per heavy atom. The lowest BCUT2D eigenvalue weighted by Crippen LogP contribution is -2.26. The van der Waals surface area contributed by atoms with Crippen LogP contribution in [0.5, 0.6) is 5.75 Å². The van der Waals surface area contributed by atoms with Gasteiger partial charge >= 0.3 is 0 Å². The molecule has 18 heavy (non-hydrogen) atoms. The molecular weight excluding hydrogens is 228 g/mol. The molecule has 100 valence electrons. The molecule has 1 aromatic heterocycles. The van der Waals surface area contributed by atoms with E-state index in [1.165, 1.54) is 0 Å².